The number of carboxylic acids is 2. The van der Waals surface area contributed by atoms with Crippen LogP contribution in [0, 0.1) is 22.7 Å². The minimum Gasteiger partial charge on any atom is -0.481 e. The highest BCUT2D eigenvalue weighted by Gasteiger charge is 2.55. The first-order chi connectivity index (χ1) is 9.85. The molecule has 2 fully saturated rings. The zero-order valence-electron chi connectivity index (χ0n) is 13.2. The third-order valence-corrected chi connectivity index (χ3v) is 6.39. The van der Waals surface area contributed by atoms with Gasteiger partial charge in [0, 0.05) is 0 Å². The first kappa shape index (κ1) is 16.3. The summed E-state index contributed by atoms with van der Waals surface area (Å²) in [6.45, 7) is 3.99. The summed E-state index contributed by atoms with van der Waals surface area (Å²) in [4.78, 5) is 24.1. The van der Waals surface area contributed by atoms with Gasteiger partial charge in [-0.05, 0) is 43.9 Å². The highest BCUT2D eigenvalue weighted by molar-refractivity contribution is 5.79. The van der Waals surface area contributed by atoms with Crippen molar-refractivity contribution in [1.82, 2.24) is 0 Å². The lowest BCUT2D eigenvalue weighted by Crippen LogP contribution is -2.50. The molecule has 0 aromatic heterocycles. The summed E-state index contributed by atoms with van der Waals surface area (Å²) in [7, 11) is 0. The normalized spacial score (nSPS) is 40.7. The molecule has 0 amide bonds. The third-order valence-electron chi connectivity index (χ3n) is 6.39. The largest absolute Gasteiger partial charge is 0.481 e. The Hall–Kier alpha value is -1.06. The Morgan fingerprint density at radius 2 is 1.24 bits per heavy atom. The zero-order chi connectivity index (χ0) is 15.7. The van der Waals surface area contributed by atoms with Gasteiger partial charge in [0.05, 0.1) is 10.8 Å². The number of carboxylic acid groups (broad SMARTS) is 2. The van der Waals surface area contributed by atoms with E-state index in [1.165, 1.54) is 0 Å². The highest BCUT2D eigenvalue weighted by atomic mass is 16.4. The lowest BCUT2D eigenvalue weighted by Gasteiger charge is -2.48. The van der Waals surface area contributed by atoms with Crippen molar-refractivity contribution >= 4 is 11.9 Å². The number of hydrogen-bond donors (Lipinski definition) is 2. The van der Waals surface area contributed by atoms with Crippen molar-refractivity contribution in [3.8, 4) is 0 Å². The van der Waals surface area contributed by atoms with Gasteiger partial charge in [-0.25, -0.2) is 0 Å². The third kappa shape index (κ3) is 2.69. The molecule has 4 nitrogen and oxygen atoms in total. The molecule has 4 heteroatoms. The number of rotatable bonds is 4. The van der Waals surface area contributed by atoms with Crippen LogP contribution in [0.15, 0.2) is 0 Å². The summed E-state index contributed by atoms with van der Waals surface area (Å²) in [5.74, 6) is -1.44. The number of carbonyl (C=O) groups is 2. The predicted octanol–water partition coefficient (Wildman–Crippen LogP) is 3.94. The summed E-state index contributed by atoms with van der Waals surface area (Å²) in [6, 6.07) is 0. The lowest BCUT2D eigenvalue weighted by atomic mass is 9.54. The number of aliphatic carboxylic acids is 2. The first-order valence-electron chi connectivity index (χ1n) is 8.32. The van der Waals surface area contributed by atoms with Gasteiger partial charge < -0.3 is 10.2 Å². The van der Waals surface area contributed by atoms with Crippen LogP contribution in [0.2, 0.25) is 0 Å². The molecule has 0 bridgehead atoms. The van der Waals surface area contributed by atoms with E-state index in [1.54, 1.807) is 0 Å². The van der Waals surface area contributed by atoms with Crippen LogP contribution >= 0.6 is 0 Å². The maximum absolute atomic E-state index is 12.0. The zero-order valence-corrected chi connectivity index (χ0v) is 13.2. The Morgan fingerprint density at radius 1 is 0.857 bits per heavy atom. The molecule has 120 valence electrons. The maximum atomic E-state index is 12.0. The molecule has 2 aliphatic carbocycles. The van der Waals surface area contributed by atoms with E-state index in [4.69, 9.17) is 0 Å². The number of hydrogen-bond acceptors (Lipinski definition) is 2. The van der Waals surface area contributed by atoms with E-state index in [9.17, 15) is 19.8 Å². The van der Waals surface area contributed by atoms with Crippen LogP contribution in [-0.4, -0.2) is 22.2 Å². The minimum absolute atomic E-state index is 0.0640. The van der Waals surface area contributed by atoms with E-state index in [2.05, 4.69) is 0 Å². The molecule has 0 saturated heterocycles. The van der Waals surface area contributed by atoms with Gasteiger partial charge in [-0.3, -0.25) is 9.59 Å². The molecular weight excluding hydrogens is 268 g/mol. The van der Waals surface area contributed by atoms with Crippen molar-refractivity contribution in [3.05, 3.63) is 0 Å². The van der Waals surface area contributed by atoms with Crippen LogP contribution in [0.1, 0.15) is 71.6 Å². The van der Waals surface area contributed by atoms with E-state index in [-0.39, 0.29) is 11.8 Å². The van der Waals surface area contributed by atoms with E-state index >= 15 is 0 Å². The van der Waals surface area contributed by atoms with Gasteiger partial charge in [0.2, 0.25) is 0 Å². The van der Waals surface area contributed by atoms with E-state index in [1.807, 2.05) is 13.8 Å². The van der Waals surface area contributed by atoms with Gasteiger partial charge in [-0.2, -0.15) is 0 Å². The smallest absolute Gasteiger partial charge is 0.309 e. The van der Waals surface area contributed by atoms with Gasteiger partial charge >= 0.3 is 11.9 Å². The van der Waals surface area contributed by atoms with Gasteiger partial charge in [0.25, 0.3) is 0 Å². The van der Waals surface area contributed by atoms with E-state index in [0.29, 0.717) is 19.3 Å². The van der Waals surface area contributed by atoms with Crippen LogP contribution in [0.4, 0.5) is 0 Å². The second-order valence-electron chi connectivity index (χ2n) is 7.39. The van der Waals surface area contributed by atoms with Crippen molar-refractivity contribution in [2.75, 3.05) is 0 Å². The monoisotopic (exact) mass is 296 g/mol. The molecule has 0 heterocycles. The molecule has 21 heavy (non-hydrogen) atoms. The molecule has 0 spiro atoms. The van der Waals surface area contributed by atoms with Crippen LogP contribution in [0.3, 0.4) is 0 Å². The van der Waals surface area contributed by atoms with Crippen molar-refractivity contribution < 1.29 is 19.8 Å². The Bertz CT molecular complexity index is 381. The fraction of sp³-hybridized carbons (Fsp3) is 0.882. The van der Waals surface area contributed by atoms with Gasteiger partial charge in [0.15, 0.2) is 0 Å². The molecule has 2 aliphatic rings. The summed E-state index contributed by atoms with van der Waals surface area (Å²) in [5.41, 5.74) is -1.69. The Kier molecular flexibility index (Phi) is 4.64. The molecule has 4 atom stereocenters. The molecule has 2 rings (SSSR count). The summed E-state index contributed by atoms with van der Waals surface area (Å²) < 4.78 is 0. The Balaban J connectivity index is 2.37. The summed E-state index contributed by atoms with van der Waals surface area (Å²) in [5, 5.41) is 19.8. The summed E-state index contributed by atoms with van der Waals surface area (Å²) >= 11 is 0. The molecule has 4 unspecified atom stereocenters. The first-order valence-corrected chi connectivity index (χ1v) is 8.32. The highest BCUT2D eigenvalue weighted by Crippen LogP contribution is 2.54. The SMILES string of the molecule is CC1CCCCC1(CC1(C(=O)O)CCCCC1C)C(=O)O. The van der Waals surface area contributed by atoms with Crippen LogP contribution in [0.5, 0.6) is 0 Å². The molecular formula is C17H28O4. The van der Waals surface area contributed by atoms with Crippen LogP contribution in [0.25, 0.3) is 0 Å². The van der Waals surface area contributed by atoms with E-state index < -0.39 is 22.8 Å². The van der Waals surface area contributed by atoms with Crippen molar-refractivity contribution in [2.45, 2.75) is 71.6 Å². The van der Waals surface area contributed by atoms with Crippen LogP contribution in [-0.2, 0) is 9.59 Å². The fourth-order valence-electron chi connectivity index (χ4n) is 4.70. The molecule has 0 aliphatic heterocycles. The minimum atomic E-state index is -0.845. The second-order valence-corrected chi connectivity index (χ2v) is 7.39. The quantitative estimate of drug-likeness (QED) is 0.824. The van der Waals surface area contributed by atoms with Gasteiger partial charge in [0.1, 0.15) is 0 Å². The fourth-order valence-corrected chi connectivity index (χ4v) is 4.70. The Labute approximate surface area is 126 Å². The van der Waals surface area contributed by atoms with E-state index in [0.717, 1.165) is 38.5 Å². The second kappa shape index (κ2) is 5.98. The average molecular weight is 296 g/mol. The lowest BCUT2D eigenvalue weighted by molar-refractivity contribution is -0.169. The molecule has 2 N–H and O–H groups in total. The molecule has 0 radical (unpaired) electrons. The molecule has 0 aromatic carbocycles. The molecule has 0 aromatic rings. The van der Waals surface area contributed by atoms with Gasteiger partial charge in [-0.15, -0.1) is 0 Å². The Morgan fingerprint density at radius 3 is 1.52 bits per heavy atom. The summed E-state index contributed by atoms with van der Waals surface area (Å²) in [6.07, 6.45) is 7.30. The standard InChI is InChI=1S/C17H28O4/c1-12-7-3-5-9-16(12,14(18)19)11-17(15(20)21)10-6-4-8-13(17)2/h12-13H,3-11H2,1-2H3,(H,18,19)(H,20,21). The topological polar surface area (TPSA) is 74.6 Å². The van der Waals surface area contributed by atoms with Gasteiger partial charge in [-0.1, -0.05) is 39.5 Å². The maximum Gasteiger partial charge on any atom is 0.309 e. The predicted molar refractivity (Wildman–Crippen MR) is 80.0 cm³/mol. The average Bonchev–Trinajstić information content (AvgIpc) is 2.43. The van der Waals surface area contributed by atoms with Crippen molar-refractivity contribution in [1.29, 1.82) is 0 Å². The van der Waals surface area contributed by atoms with Crippen LogP contribution < -0.4 is 0 Å². The molecule has 2 saturated carbocycles. The van der Waals surface area contributed by atoms with Crippen molar-refractivity contribution in [3.63, 3.8) is 0 Å². The van der Waals surface area contributed by atoms with Crippen molar-refractivity contribution in [2.24, 2.45) is 22.7 Å².